The summed E-state index contributed by atoms with van der Waals surface area (Å²) in [6.45, 7) is 0.308. The number of carbonyl (C=O) groups is 2. The van der Waals surface area contributed by atoms with E-state index < -0.39 is 0 Å². The predicted octanol–water partition coefficient (Wildman–Crippen LogP) is 4.12. The zero-order chi connectivity index (χ0) is 17.6. The lowest BCUT2D eigenvalue weighted by atomic mass is 10.1. The second kappa shape index (κ2) is 7.68. The maximum Gasteiger partial charge on any atom is 0.255 e. The van der Waals surface area contributed by atoms with E-state index in [0.717, 1.165) is 0 Å². The van der Waals surface area contributed by atoms with Crippen LogP contribution >= 0.6 is 11.6 Å². The highest BCUT2D eigenvalue weighted by Gasteiger charge is 2.10. The summed E-state index contributed by atoms with van der Waals surface area (Å²) in [5.41, 5.74) is 1.52. The Hall–Kier alpha value is -3.05. The number of hydrogen-bond acceptors (Lipinski definition) is 3. The van der Waals surface area contributed by atoms with Gasteiger partial charge in [-0.05, 0) is 54.6 Å². The molecule has 5 nitrogen and oxygen atoms in total. The van der Waals surface area contributed by atoms with E-state index in [9.17, 15) is 9.59 Å². The average molecular weight is 355 g/mol. The molecule has 0 aliphatic carbocycles. The quantitative estimate of drug-likeness (QED) is 0.724. The van der Waals surface area contributed by atoms with Crippen LogP contribution in [0.15, 0.2) is 71.3 Å². The van der Waals surface area contributed by atoms with Crippen molar-refractivity contribution in [1.29, 1.82) is 0 Å². The molecule has 1 aromatic heterocycles. The van der Waals surface area contributed by atoms with Crippen molar-refractivity contribution in [2.45, 2.75) is 6.54 Å². The van der Waals surface area contributed by atoms with Gasteiger partial charge in [0.1, 0.15) is 5.76 Å². The van der Waals surface area contributed by atoms with Crippen LogP contribution in [0.5, 0.6) is 0 Å². The largest absolute Gasteiger partial charge is 0.467 e. The van der Waals surface area contributed by atoms with Crippen LogP contribution in [0.2, 0.25) is 5.02 Å². The molecule has 2 aromatic carbocycles. The fourth-order valence-electron chi connectivity index (χ4n) is 2.23. The summed E-state index contributed by atoms with van der Waals surface area (Å²) in [5, 5.41) is 6.05. The molecule has 2 amide bonds. The first kappa shape index (κ1) is 16.8. The van der Waals surface area contributed by atoms with Crippen molar-refractivity contribution in [2.24, 2.45) is 0 Å². The van der Waals surface area contributed by atoms with Crippen molar-refractivity contribution in [3.8, 4) is 0 Å². The smallest absolute Gasteiger partial charge is 0.255 e. The van der Waals surface area contributed by atoms with Gasteiger partial charge in [-0.15, -0.1) is 0 Å². The minimum absolute atomic E-state index is 0.238. The van der Waals surface area contributed by atoms with Crippen LogP contribution < -0.4 is 10.6 Å². The summed E-state index contributed by atoms with van der Waals surface area (Å²) in [7, 11) is 0. The number of nitrogens with one attached hydrogen (secondary N) is 2. The van der Waals surface area contributed by atoms with Gasteiger partial charge in [0.15, 0.2) is 0 Å². The molecule has 2 N–H and O–H groups in total. The summed E-state index contributed by atoms with van der Waals surface area (Å²) in [5.74, 6) is 0.161. The number of hydrogen-bond donors (Lipinski definition) is 2. The molecule has 3 rings (SSSR count). The maximum absolute atomic E-state index is 12.2. The Labute approximate surface area is 149 Å². The third-order valence-corrected chi connectivity index (χ3v) is 3.73. The molecule has 3 aromatic rings. The highest BCUT2D eigenvalue weighted by Crippen LogP contribution is 2.16. The van der Waals surface area contributed by atoms with Crippen molar-refractivity contribution in [3.05, 3.63) is 88.8 Å². The van der Waals surface area contributed by atoms with Crippen LogP contribution in [-0.4, -0.2) is 11.8 Å². The Morgan fingerprint density at radius 1 is 0.920 bits per heavy atom. The molecule has 0 atom stereocenters. The topological polar surface area (TPSA) is 71.3 Å². The lowest BCUT2D eigenvalue weighted by molar-refractivity contribution is 0.0946. The fourth-order valence-corrected chi connectivity index (χ4v) is 2.42. The summed E-state index contributed by atoms with van der Waals surface area (Å²) >= 11 is 5.89. The minimum Gasteiger partial charge on any atom is -0.467 e. The molecule has 0 spiro atoms. The molecule has 126 valence electrons. The molecule has 6 heteroatoms. The summed E-state index contributed by atoms with van der Waals surface area (Å²) in [6.07, 6.45) is 1.55. The zero-order valence-electron chi connectivity index (χ0n) is 13.2. The van der Waals surface area contributed by atoms with E-state index in [1.165, 1.54) is 0 Å². The van der Waals surface area contributed by atoms with Gasteiger partial charge in [0, 0.05) is 21.8 Å². The number of rotatable bonds is 5. The molecule has 0 saturated heterocycles. The molecule has 1 heterocycles. The zero-order valence-corrected chi connectivity index (χ0v) is 13.9. The fraction of sp³-hybridized carbons (Fsp3) is 0.0526. The van der Waals surface area contributed by atoms with E-state index in [0.29, 0.717) is 34.1 Å². The summed E-state index contributed by atoms with van der Waals surface area (Å²) < 4.78 is 5.16. The second-order valence-electron chi connectivity index (χ2n) is 5.30. The Balaban J connectivity index is 1.61. The molecular weight excluding hydrogens is 340 g/mol. The van der Waals surface area contributed by atoms with Gasteiger partial charge < -0.3 is 15.1 Å². The van der Waals surface area contributed by atoms with E-state index in [2.05, 4.69) is 10.6 Å². The highest BCUT2D eigenvalue weighted by molar-refractivity contribution is 6.31. The van der Waals surface area contributed by atoms with Crippen molar-refractivity contribution in [1.82, 2.24) is 5.32 Å². The normalized spacial score (nSPS) is 10.3. The Kier molecular flexibility index (Phi) is 5.16. The van der Waals surface area contributed by atoms with Crippen molar-refractivity contribution in [3.63, 3.8) is 0 Å². The van der Waals surface area contributed by atoms with Gasteiger partial charge in [0.25, 0.3) is 11.8 Å². The van der Waals surface area contributed by atoms with Crippen molar-refractivity contribution < 1.29 is 14.0 Å². The molecule has 0 fully saturated rings. The van der Waals surface area contributed by atoms with Gasteiger partial charge in [0.2, 0.25) is 0 Å². The lowest BCUT2D eigenvalue weighted by Gasteiger charge is -2.07. The second-order valence-corrected chi connectivity index (χ2v) is 5.74. The summed E-state index contributed by atoms with van der Waals surface area (Å²) in [4.78, 5) is 24.3. The van der Waals surface area contributed by atoms with Crippen LogP contribution in [0.1, 0.15) is 26.5 Å². The Morgan fingerprint density at radius 3 is 2.28 bits per heavy atom. The standard InChI is InChI=1S/C19H15ClN2O3/c20-15-3-1-4-16(11-15)22-19(24)14-8-6-13(7-9-14)18(23)21-12-17-5-2-10-25-17/h1-11H,12H2,(H,21,23)(H,22,24). The number of halogens is 1. The molecule has 0 bridgehead atoms. The van der Waals surface area contributed by atoms with Crippen molar-refractivity contribution >= 4 is 29.1 Å². The van der Waals surface area contributed by atoms with Crippen molar-refractivity contribution in [2.75, 3.05) is 5.32 Å². The first-order valence-electron chi connectivity index (χ1n) is 7.59. The number of furan rings is 1. The lowest BCUT2D eigenvalue weighted by Crippen LogP contribution is -2.22. The third-order valence-electron chi connectivity index (χ3n) is 3.50. The Bertz CT molecular complexity index is 874. The van der Waals surface area contributed by atoms with E-state index >= 15 is 0 Å². The number of anilines is 1. The van der Waals surface area contributed by atoms with Crippen LogP contribution in [-0.2, 0) is 6.54 Å². The Morgan fingerprint density at radius 2 is 1.64 bits per heavy atom. The molecule has 0 aliphatic heterocycles. The molecule has 0 saturated carbocycles. The van der Waals surface area contributed by atoms with Crippen LogP contribution in [0, 0.1) is 0 Å². The van der Waals surface area contributed by atoms with E-state index in [4.69, 9.17) is 16.0 Å². The van der Waals surface area contributed by atoms with Gasteiger partial charge in [-0.3, -0.25) is 9.59 Å². The SMILES string of the molecule is O=C(NCc1ccco1)c1ccc(C(=O)Nc2cccc(Cl)c2)cc1. The number of benzene rings is 2. The van der Waals surface area contributed by atoms with Gasteiger partial charge in [-0.25, -0.2) is 0 Å². The third kappa shape index (κ3) is 4.49. The van der Waals surface area contributed by atoms with E-state index in [1.807, 2.05) is 0 Å². The molecule has 0 aliphatic rings. The van der Waals surface area contributed by atoms with E-state index in [-0.39, 0.29) is 11.8 Å². The number of amides is 2. The first-order chi connectivity index (χ1) is 12.1. The molecule has 0 radical (unpaired) electrons. The van der Waals surface area contributed by atoms with Gasteiger partial charge >= 0.3 is 0 Å². The monoisotopic (exact) mass is 354 g/mol. The molecule has 0 unspecified atom stereocenters. The van der Waals surface area contributed by atoms with E-state index in [1.54, 1.807) is 66.9 Å². The first-order valence-corrected chi connectivity index (χ1v) is 7.97. The number of carbonyl (C=O) groups excluding carboxylic acids is 2. The van der Waals surface area contributed by atoms with Crippen LogP contribution in [0.3, 0.4) is 0 Å². The van der Waals surface area contributed by atoms with Crippen LogP contribution in [0.25, 0.3) is 0 Å². The maximum atomic E-state index is 12.2. The average Bonchev–Trinajstić information content (AvgIpc) is 3.13. The van der Waals surface area contributed by atoms with Gasteiger partial charge in [0.05, 0.1) is 12.8 Å². The predicted molar refractivity (Wildman–Crippen MR) is 95.7 cm³/mol. The summed E-state index contributed by atoms with van der Waals surface area (Å²) in [6, 6.07) is 16.8. The van der Waals surface area contributed by atoms with Gasteiger partial charge in [-0.1, -0.05) is 17.7 Å². The molecule has 25 heavy (non-hydrogen) atoms. The minimum atomic E-state index is -0.273. The van der Waals surface area contributed by atoms with Gasteiger partial charge in [-0.2, -0.15) is 0 Å². The molecular formula is C19H15ClN2O3. The highest BCUT2D eigenvalue weighted by atomic mass is 35.5. The van der Waals surface area contributed by atoms with Crippen LogP contribution in [0.4, 0.5) is 5.69 Å².